The van der Waals surface area contributed by atoms with Crippen molar-refractivity contribution < 1.29 is 0 Å². The lowest BCUT2D eigenvalue weighted by Gasteiger charge is -2.23. The lowest BCUT2D eigenvalue weighted by atomic mass is 9.81. The molecule has 0 saturated heterocycles. The first-order valence-electron chi connectivity index (χ1n) is 12.1. The van der Waals surface area contributed by atoms with E-state index >= 15 is 0 Å². The molecule has 0 unspecified atom stereocenters. The van der Waals surface area contributed by atoms with Crippen molar-refractivity contribution in [2.75, 3.05) is 0 Å². The number of aromatic nitrogens is 2. The van der Waals surface area contributed by atoms with Crippen LogP contribution >= 0.6 is 11.3 Å². The lowest BCUT2D eigenvalue weighted by Crippen LogP contribution is -2.16. The van der Waals surface area contributed by atoms with Crippen LogP contribution in [0.5, 0.6) is 0 Å². The fourth-order valence-corrected chi connectivity index (χ4v) is 7.17. The van der Waals surface area contributed by atoms with Gasteiger partial charge in [0.1, 0.15) is 0 Å². The first-order chi connectivity index (χ1) is 17.1. The van der Waals surface area contributed by atoms with Gasteiger partial charge in [0, 0.05) is 16.2 Å². The zero-order valence-electron chi connectivity index (χ0n) is 19.5. The zero-order valence-corrected chi connectivity index (χ0v) is 20.4. The highest BCUT2D eigenvalue weighted by molar-refractivity contribution is 7.20. The van der Waals surface area contributed by atoms with Gasteiger partial charge in [-0.25, -0.2) is 4.98 Å². The molecule has 0 amide bonds. The maximum Gasteiger partial charge on any atom is 0.195 e. The molecule has 0 atom stereocenters. The Morgan fingerprint density at radius 2 is 1.46 bits per heavy atom. The third kappa shape index (κ3) is 2.46. The van der Waals surface area contributed by atoms with Crippen molar-refractivity contribution in [2.45, 2.75) is 19.3 Å². The highest BCUT2D eigenvalue weighted by Crippen LogP contribution is 2.54. The Kier molecular flexibility index (Phi) is 3.64. The summed E-state index contributed by atoms with van der Waals surface area (Å²) in [5.74, 6) is 0. The summed E-state index contributed by atoms with van der Waals surface area (Å²) in [4.78, 5) is 5.10. The molecule has 2 nitrogen and oxygen atoms in total. The fraction of sp³-hybridized carbons (Fsp3) is 0.0938. The Bertz CT molecular complexity index is 1950. The molecule has 0 spiro atoms. The number of hydrogen-bond donors (Lipinski definition) is 0. The van der Waals surface area contributed by atoms with Crippen LogP contribution in [0.3, 0.4) is 0 Å². The molecule has 1 aliphatic carbocycles. The second kappa shape index (κ2) is 6.59. The summed E-state index contributed by atoms with van der Waals surface area (Å²) in [7, 11) is 0. The number of hydrogen-bond acceptors (Lipinski definition) is 2. The molecule has 3 heteroatoms. The molecule has 0 radical (unpaired) electrons. The van der Waals surface area contributed by atoms with E-state index in [0.29, 0.717) is 0 Å². The Balaban J connectivity index is 1.55. The van der Waals surface area contributed by atoms with Crippen molar-refractivity contribution in [2.24, 2.45) is 0 Å². The van der Waals surface area contributed by atoms with Crippen molar-refractivity contribution in [3.05, 3.63) is 108 Å². The SMILES string of the molecule is CC1(C)c2cc3ccccc3cc2-c2ccc3c4ccccc4n(-c4nc5ccccc5s4)c3c21. The number of para-hydroxylation sites is 2. The molecule has 166 valence electrons. The summed E-state index contributed by atoms with van der Waals surface area (Å²) in [6.45, 7) is 4.76. The van der Waals surface area contributed by atoms with Gasteiger partial charge >= 0.3 is 0 Å². The molecule has 7 aromatic rings. The minimum Gasteiger partial charge on any atom is -0.285 e. The summed E-state index contributed by atoms with van der Waals surface area (Å²) in [5.41, 5.74) is 8.92. The third-order valence-corrected chi connectivity index (χ3v) is 8.81. The van der Waals surface area contributed by atoms with Gasteiger partial charge in [0.25, 0.3) is 0 Å². The predicted octanol–water partition coefficient (Wildman–Crippen LogP) is 8.85. The Morgan fingerprint density at radius 3 is 2.31 bits per heavy atom. The van der Waals surface area contributed by atoms with Crippen LogP contribution < -0.4 is 0 Å². The Hall–Kier alpha value is -3.95. The van der Waals surface area contributed by atoms with Gasteiger partial charge in [-0.3, -0.25) is 4.57 Å². The van der Waals surface area contributed by atoms with Gasteiger partial charge in [-0.1, -0.05) is 91.9 Å². The van der Waals surface area contributed by atoms with Crippen molar-refractivity contribution in [3.63, 3.8) is 0 Å². The van der Waals surface area contributed by atoms with Gasteiger partial charge in [-0.05, 0) is 63.4 Å². The van der Waals surface area contributed by atoms with Gasteiger partial charge in [-0.2, -0.15) is 0 Å². The first kappa shape index (κ1) is 19.4. The fourth-order valence-electron chi connectivity index (χ4n) is 6.18. The normalized spacial score (nSPS) is 14.2. The molecule has 0 bridgehead atoms. The van der Waals surface area contributed by atoms with Gasteiger partial charge in [-0.15, -0.1) is 0 Å². The maximum atomic E-state index is 5.10. The second-order valence-electron chi connectivity index (χ2n) is 10.1. The van der Waals surface area contributed by atoms with Crippen molar-refractivity contribution in [1.29, 1.82) is 0 Å². The van der Waals surface area contributed by atoms with Crippen molar-refractivity contribution in [1.82, 2.24) is 9.55 Å². The van der Waals surface area contributed by atoms with Gasteiger partial charge < -0.3 is 0 Å². The molecule has 35 heavy (non-hydrogen) atoms. The Morgan fingerprint density at radius 1 is 0.714 bits per heavy atom. The van der Waals surface area contributed by atoms with Crippen LogP contribution in [0.1, 0.15) is 25.0 Å². The van der Waals surface area contributed by atoms with Gasteiger partial charge in [0.15, 0.2) is 5.13 Å². The second-order valence-corrected chi connectivity index (χ2v) is 11.1. The van der Waals surface area contributed by atoms with Gasteiger partial charge in [0.05, 0.1) is 21.3 Å². The molecule has 2 aromatic heterocycles. The highest BCUT2D eigenvalue weighted by atomic mass is 32.1. The average Bonchev–Trinajstić information content (AvgIpc) is 3.51. The molecule has 2 heterocycles. The van der Waals surface area contributed by atoms with E-state index in [1.54, 1.807) is 11.3 Å². The van der Waals surface area contributed by atoms with Crippen LogP contribution in [0.4, 0.5) is 0 Å². The van der Waals surface area contributed by atoms with Crippen LogP contribution in [0, 0.1) is 0 Å². The van der Waals surface area contributed by atoms with Crippen LogP contribution in [-0.4, -0.2) is 9.55 Å². The largest absolute Gasteiger partial charge is 0.285 e. The zero-order chi connectivity index (χ0) is 23.3. The van der Waals surface area contributed by atoms with E-state index in [4.69, 9.17) is 4.98 Å². The van der Waals surface area contributed by atoms with Crippen LogP contribution in [0.2, 0.25) is 0 Å². The van der Waals surface area contributed by atoms with Gasteiger partial charge in [0.2, 0.25) is 0 Å². The van der Waals surface area contributed by atoms with E-state index < -0.39 is 0 Å². The smallest absolute Gasteiger partial charge is 0.195 e. The average molecular weight is 467 g/mol. The molecule has 0 saturated carbocycles. The quantitative estimate of drug-likeness (QED) is 0.236. The summed E-state index contributed by atoms with van der Waals surface area (Å²) in [5, 5.41) is 6.20. The van der Waals surface area contributed by atoms with E-state index in [-0.39, 0.29) is 5.41 Å². The van der Waals surface area contributed by atoms with E-state index in [1.165, 1.54) is 59.5 Å². The number of benzene rings is 5. The van der Waals surface area contributed by atoms with Crippen molar-refractivity contribution in [3.8, 4) is 16.3 Å². The minimum absolute atomic E-state index is 0.128. The number of fused-ring (bicyclic) bond motifs is 9. The number of thiazole rings is 1. The predicted molar refractivity (Wildman–Crippen MR) is 149 cm³/mol. The molecular weight excluding hydrogens is 444 g/mol. The summed E-state index contributed by atoms with van der Waals surface area (Å²) < 4.78 is 3.64. The molecule has 0 N–H and O–H groups in total. The summed E-state index contributed by atoms with van der Waals surface area (Å²) in [6, 6.07) is 35.4. The van der Waals surface area contributed by atoms with Crippen molar-refractivity contribution >= 4 is 54.1 Å². The maximum absolute atomic E-state index is 5.10. The van der Waals surface area contributed by atoms with E-state index in [9.17, 15) is 0 Å². The highest BCUT2D eigenvalue weighted by Gasteiger charge is 2.39. The van der Waals surface area contributed by atoms with E-state index in [0.717, 1.165) is 10.6 Å². The van der Waals surface area contributed by atoms with E-state index in [2.05, 4.69) is 115 Å². The molecule has 1 aliphatic rings. The van der Waals surface area contributed by atoms with Crippen LogP contribution in [0.25, 0.3) is 59.1 Å². The summed E-state index contributed by atoms with van der Waals surface area (Å²) in [6.07, 6.45) is 0. The summed E-state index contributed by atoms with van der Waals surface area (Å²) >= 11 is 1.77. The molecule has 0 fully saturated rings. The topological polar surface area (TPSA) is 17.8 Å². The Labute approximate surface area is 207 Å². The number of rotatable bonds is 1. The number of nitrogens with zero attached hydrogens (tertiary/aromatic N) is 2. The standard InChI is InChI=1S/C32H22N2S/c1-32(2)25-18-20-10-4-3-9-19(20)17-24(25)22-15-16-23-21-11-5-7-13-27(21)34(30(23)29(22)32)31-33-26-12-6-8-14-28(26)35-31/h3-18H,1-2H3. The lowest BCUT2D eigenvalue weighted by molar-refractivity contribution is 0.664. The van der Waals surface area contributed by atoms with E-state index in [1.807, 2.05) is 0 Å². The molecule has 0 aliphatic heterocycles. The molecule has 8 rings (SSSR count). The monoisotopic (exact) mass is 466 g/mol. The molecular formula is C32H22N2S. The first-order valence-corrected chi connectivity index (χ1v) is 12.9. The van der Waals surface area contributed by atoms with Crippen LogP contribution in [0.15, 0.2) is 97.1 Å². The molecule has 5 aromatic carbocycles. The van der Waals surface area contributed by atoms with Crippen LogP contribution in [-0.2, 0) is 5.41 Å². The third-order valence-electron chi connectivity index (χ3n) is 7.78. The minimum atomic E-state index is -0.128.